The molecule has 1 aliphatic rings. The first-order valence-corrected chi connectivity index (χ1v) is 14.7. The normalized spacial score (nSPS) is 13.6. The van der Waals surface area contributed by atoms with Crippen molar-refractivity contribution in [2.75, 3.05) is 18.5 Å². The molecule has 1 fully saturated rings. The molecule has 3 aromatic carbocycles. The number of anilines is 1. The van der Waals surface area contributed by atoms with Crippen LogP contribution in [0.15, 0.2) is 93.3 Å². The quantitative estimate of drug-likeness (QED) is 0.231. The van der Waals surface area contributed by atoms with Crippen LogP contribution >= 0.6 is 0 Å². The van der Waals surface area contributed by atoms with E-state index in [2.05, 4.69) is 5.16 Å². The summed E-state index contributed by atoms with van der Waals surface area (Å²) in [5, 5.41) is 4.28. The molecule has 0 N–H and O–H groups in total. The zero-order valence-electron chi connectivity index (χ0n) is 23.2. The number of benzene rings is 3. The first-order chi connectivity index (χ1) is 20.7. The molecule has 0 atom stereocenters. The molecule has 220 valence electrons. The van der Waals surface area contributed by atoms with Gasteiger partial charge in [0.1, 0.15) is 29.4 Å². The number of hydrogen-bond acceptors (Lipinski definition) is 8. The second-order valence-electron chi connectivity index (χ2n) is 10.1. The minimum atomic E-state index is -4.17. The molecule has 1 saturated carbocycles. The summed E-state index contributed by atoms with van der Waals surface area (Å²) in [5.74, 6) is 0.239. The van der Waals surface area contributed by atoms with Gasteiger partial charge in [0.2, 0.25) is 0 Å². The third kappa shape index (κ3) is 5.14. The van der Waals surface area contributed by atoms with E-state index < -0.39 is 21.4 Å². The maximum absolute atomic E-state index is 15.3. The molecule has 0 saturated heterocycles. The predicted molar refractivity (Wildman–Crippen MR) is 156 cm³/mol. The molecule has 10 nitrogen and oxygen atoms in total. The van der Waals surface area contributed by atoms with Crippen LogP contribution in [-0.4, -0.2) is 38.1 Å². The van der Waals surface area contributed by atoms with E-state index in [1.165, 1.54) is 66.5 Å². The Morgan fingerprint density at radius 2 is 1.74 bits per heavy atom. The van der Waals surface area contributed by atoms with E-state index in [4.69, 9.17) is 14.0 Å². The van der Waals surface area contributed by atoms with Gasteiger partial charge in [-0.3, -0.25) is 14.2 Å². The molecule has 2 aromatic heterocycles. The number of pyridine rings is 1. The average molecular weight is 604 g/mol. The monoisotopic (exact) mass is 603 g/mol. The van der Waals surface area contributed by atoms with Crippen LogP contribution in [0.5, 0.6) is 11.5 Å². The standard InChI is InChI=1S/C31H26FN3O7S/c1-40-23-6-3-19(4-7-23)18-34(30-11-12-42-33-30)43(38,39)24-8-9-27-20(15-24)5-10-31(37)35(27)28-17-26(32)25(16-29(28)41-2)21-13-22(36)14-21/h3-12,15-17,21H,13-14,18H2,1-2H3. The number of sulfonamides is 1. The third-order valence-electron chi connectivity index (χ3n) is 7.55. The lowest BCUT2D eigenvalue weighted by Crippen LogP contribution is -2.31. The van der Waals surface area contributed by atoms with Crippen molar-refractivity contribution < 1.29 is 31.6 Å². The number of Topliss-reactive ketones (excluding diaryl/α,β-unsaturated/α-hetero) is 1. The number of aromatic nitrogens is 2. The van der Waals surface area contributed by atoms with Gasteiger partial charge in [0.25, 0.3) is 15.6 Å². The van der Waals surface area contributed by atoms with Gasteiger partial charge >= 0.3 is 0 Å². The van der Waals surface area contributed by atoms with Gasteiger partial charge in [0.05, 0.1) is 36.9 Å². The van der Waals surface area contributed by atoms with E-state index >= 15 is 4.39 Å². The zero-order chi connectivity index (χ0) is 30.3. The fourth-order valence-corrected chi connectivity index (χ4v) is 6.63. The number of hydrogen-bond donors (Lipinski definition) is 0. The second-order valence-corrected chi connectivity index (χ2v) is 12.0. The molecule has 0 aliphatic heterocycles. The van der Waals surface area contributed by atoms with E-state index in [0.29, 0.717) is 27.8 Å². The third-order valence-corrected chi connectivity index (χ3v) is 9.29. The van der Waals surface area contributed by atoms with E-state index in [0.717, 1.165) is 4.31 Å². The van der Waals surface area contributed by atoms with Crippen LogP contribution in [0.4, 0.5) is 10.2 Å². The van der Waals surface area contributed by atoms with Gasteiger partial charge in [-0.05, 0) is 53.6 Å². The number of fused-ring (bicyclic) bond motifs is 1. The molecule has 0 unspecified atom stereocenters. The maximum Gasteiger partial charge on any atom is 0.265 e. The molecular weight excluding hydrogens is 577 g/mol. The summed E-state index contributed by atoms with van der Waals surface area (Å²) in [6.07, 6.45) is 1.80. The highest BCUT2D eigenvalue weighted by molar-refractivity contribution is 7.92. The average Bonchev–Trinajstić information content (AvgIpc) is 3.53. The Hall–Kier alpha value is -4.97. The van der Waals surface area contributed by atoms with E-state index in [-0.39, 0.29) is 53.2 Å². The molecule has 12 heteroatoms. The summed E-state index contributed by atoms with van der Waals surface area (Å²) in [6, 6.07) is 18.2. The molecule has 1 aliphatic carbocycles. The van der Waals surface area contributed by atoms with Gasteiger partial charge in [0.15, 0.2) is 5.82 Å². The molecule has 43 heavy (non-hydrogen) atoms. The number of carbonyl (C=O) groups is 1. The number of methoxy groups -OCH3 is 2. The molecule has 0 amide bonds. The van der Waals surface area contributed by atoms with Crippen LogP contribution in [-0.2, 0) is 21.4 Å². The number of carbonyl (C=O) groups excluding carboxylic acids is 1. The van der Waals surface area contributed by atoms with Gasteiger partial charge in [-0.25, -0.2) is 17.1 Å². The lowest BCUT2D eigenvalue weighted by molar-refractivity contribution is -0.124. The van der Waals surface area contributed by atoms with Gasteiger partial charge < -0.3 is 14.0 Å². The number of ketones is 1. The Morgan fingerprint density at radius 3 is 2.40 bits per heavy atom. The van der Waals surface area contributed by atoms with E-state index in [1.54, 1.807) is 31.4 Å². The van der Waals surface area contributed by atoms with Crippen molar-refractivity contribution >= 4 is 32.5 Å². The van der Waals surface area contributed by atoms with Gasteiger partial charge in [-0.15, -0.1) is 0 Å². The van der Waals surface area contributed by atoms with Crippen molar-refractivity contribution in [2.24, 2.45) is 0 Å². The highest BCUT2D eigenvalue weighted by atomic mass is 32.2. The molecule has 0 spiro atoms. The fraction of sp³-hybridized carbons (Fsp3) is 0.194. The van der Waals surface area contributed by atoms with Crippen molar-refractivity contribution in [1.82, 2.24) is 9.72 Å². The summed E-state index contributed by atoms with van der Waals surface area (Å²) in [4.78, 5) is 24.6. The first-order valence-electron chi connectivity index (χ1n) is 13.3. The highest BCUT2D eigenvalue weighted by Gasteiger charge is 2.32. The Morgan fingerprint density at radius 1 is 0.977 bits per heavy atom. The van der Waals surface area contributed by atoms with Crippen LogP contribution in [0.25, 0.3) is 16.6 Å². The van der Waals surface area contributed by atoms with Crippen molar-refractivity contribution in [1.29, 1.82) is 0 Å². The van der Waals surface area contributed by atoms with Crippen LogP contribution in [0.1, 0.15) is 29.9 Å². The van der Waals surface area contributed by atoms with Crippen molar-refractivity contribution in [3.05, 3.63) is 106 Å². The number of nitrogens with zero attached hydrogens (tertiary/aromatic N) is 3. The topological polar surface area (TPSA) is 121 Å². The molecule has 6 rings (SSSR count). The van der Waals surface area contributed by atoms with E-state index in [9.17, 15) is 18.0 Å². The number of rotatable bonds is 9. The van der Waals surface area contributed by atoms with Crippen molar-refractivity contribution in [3.8, 4) is 17.2 Å². The fourth-order valence-electron chi connectivity index (χ4n) is 5.20. The first kappa shape index (κ1) is 28.2. The van der Waals surface area contributed by atoms with E-state index in [1.807, 2.05) is 0 Å². The summed E-state index contributed by atoms with van der Waals surface area (Å²) in [7, 11) is -1.22. The number of halogens is 1. The predicted octanol–water partition coefficient (Wildman–Crippen LogP) is 4.98. The van der Waals surface area contributed by atoms with Crippen LogP contribution < -0.4 is 19.3 Å². The lowest BCUT2D eigenvalue weighted by Gasteiger charge is -2.26. The Labute approximate surface area is 245 Å². The second kappa shape index (κ2) is 11.0. The molecular formula is C31H26FN3O7S. The van der Waals surface area contributed by atoms with Gasteiger partial charge in [0, 0.05) is 42.3 Å². The minimum absolute atomic E-state index is 0.0359. The molecule has 0 radical (unpaired) electrons. The summed E-state index contributed by atoms with van der Waals surface area (Å²) < 4.78 is 61.3. The molecule has 0 bridgehead atoms. The lowest BCUT2D eigenvalue weighted by atomic mass is 9.78. The molecule has 5 aromatic rings. The SMILES string of the molecule is COc1ccc(CN(c2ccon2)S(=O)(=O)c2ccc3c(ccc(=O)n3-c3cc(F)c(C4CC(=O)C4)cc3OC)c2)cc1. The van der Waals surface area contributed by atoms with Gasteiger partial charge in [-0.1, -0.05) is 17.3 Å². The van der Waals surface area contributed by atoms with Crippen molar-refractivity contribution in [3.63, 3.8) is 0 Å². The smallest absolute Gasteiger partial charge is 0.265 e. The molecule has 2 heterocycles. The highest BCUT2D eigenvalue weighted by Crippen LogP contribution is 2.39. The van der Waals surface area contributed by atoms with Crippen molar-refractivity contribution in [2.45, 2.75) is 30.2 Å². The Bertz CT molecular complexity index is 2000. The van der Waals surface area contributed by atoms with Gasteiger partial charge in [-0.2, -0.15) is 0 Å². The summed E-state index contributed by atoms with van der Waals surface area (Å²) in [5.41, 5.74) is 1.08. The Balaban J connectivity index is 1.42. The van der Waals surface area contributed by atoms with Crippen LogP contribution in [0.3, 0.4) is 0 Å². The minimum Gasteiger partial charge on any atom is -0.497 e. The largest absolute Gasteiger partial charge is 0.497 e. The maximum atomic E-state index is 15.3. The van der Waals surface area contributed by atoms with Crippen LogP contribution in [0.2, 0.25) is 0 Å². The number of ether oxygens (including phenoxy) is 2. The Kier molecular flexibility index (Phi) is 7.22. The summed E-state index contributed by atoms with van der Waals surface area (Å²) in [6.45, 7) is -0.0359. The summed E-state index contributed by atoms with van der Waals surface area (Å²) >= 11 is 0. The van der Waals surface area contributed by atoms with Crippen LogP contribution in [0, 0.1) is 5.82 Å². The zero-order valence-corrected chi connectivity index (χ0v) is 24.0.